The van der Waals surface area contributed by atoms with E-state index < -0.39 is 5.41 Å². The summed E-state index contributed by atoms with van der Waals surface area (Å²) in [5.74, 6) is 0.0107. The van der Waals surface area contributed by atoms with E-state index in [1.54, 1.807) is 0 Å². The maximum atomic E-state index is 11.9. The molecule has 122 valence electrons. The molecule has 1 atom stereocenters. The lowest BCUT2D eigenvalue weighted by Crippen LogP contribution is -2.36. The van der Waals surface area contributed by atoms with Gasteiger partial charge < -0.3 is 10.6 Å². The number of carbonyl (C=O) groups is 2. The van der Waals surface area contributed by atoms with Gasteiger partial charge in [-0.3, -0.25) is 9.59 Å². The molecular weight excluding hydrogens is 344 g/mol. The van der Waals surface area contributed by atoms with Crippen LogP contribution in [0, 0.1) is 5.41 Å². The molecule has 2 amide bonds. The van der Waals surface area contributed by atoms with E-state index in [1.807, 2.05) is 52.0 Å². The van der Waals surface area contributed by atoms with Crippen molar-refractivity contribution in [1.29, 1.82) is 0 Å². The quantitative estimate of drug-likeness (QED) is 0.754. The molecular formula is C17H25BrN2O2. The van der Waals surface area contributed by atoms with Crippen molar-refractivity contribution < 1.29 is 9.59 Å². The topological polar surface area (TPSA) is 58.2 Å². The van der Waals surface area contributed by atoms with Crippen LogP contribution in [0.4, 0.5) is 0 Å². The fraction of sp³-hybridized carbons (Fsp3) is 0.529. The summed E-state index contributed by atoms with van der Waals surface area (Å²) in [5.41, 5.74) is 0.677. The molecule has 4 nitrogen and oxygen atoms in total. The molecule has 0 aromatic heterocycles. The van der Waals surface area contributed by atoms with E-state index in [-0.39, 0.29) is 17.9 Å². The van der Waals surface area contributed by atoms with Gasteiger partial charge in [-0.2, -0.15) is 0 Å². The SMILES string of the molecule is CC(NC(=O)CCCNC(=O)C(C)(C)C)c1ccc(Br)cc1. The van der Waals surface area contributed by atoms with Gasteiger partial charge in [-0.15, -0.1) is 0 Å². The first-order chi connectivity index (χ1) is 10.2. The Morgan fingerprint density at radius 3 is 2.32 bits per heavy atom. The Kier molecular flexibility index (Phi) is 7.07. The molecule has 5 heteroatoms. The summed E-state index contributed by atoms with van der Waals surface area (Å²) in [6.07, 6.45) is 1.05. The van der Waals surface area contributed by atoms with Gasteiger partial charge in [0.2, 0.25) is 11.8 Å². The van der Waals surface area contributed by atoms with Crippen molar-refractivity contribution in [3.05, 3.63) is 34.3 Å². The van der Waals surface area contributed by atoms with Crippen LogP contribution < -0.4 is 10.6 Å². The minimum atomic E-state index is -0.391. The van der Waals surface area contributed by atoms with Gasteiger partial charge in [0.25, 0.3) is 0 Å². The number of hydrogen-bond acceptors (Lipinski definition) is 2. The number of carbonyl (C=O) groups excluding carboxylic acids is 2. The summed E-state index contributed by atoms with van der Waals surface area (Å²) >= 11 is 3.39. The van der Waals surface area contributed by atoms with Crippen LogP contribution in [0.2, 0.25) is 0 Å². The minimum absolute atomic E-state index is 0.000395. The van der Waals surface area contributed by atoms with Crippen LogP contribution in [0.3, 0.4) is 0 Å². The zero-order valence-corrected chi connectivity index (χ0v) is 15.3. The number of benzene rings is 1. The number of hydrogen-bond donors (Lipinski definition) is 2. The number of halogens is 1. The van der Waals surface area contributed by atoms with E-state index in [4.69, 9.17) is 0 Å². The third-order valence-electron chi connectivity index (χ3n) is 3.29. The first kappa shape index (κ1) is 18.7. The average molecular weight is 369 g/mol. The molecule has 1 aromatic rings. The van der Waals surface area contributed by atoms with Crippen molar-refractivity contribution in [2.75, 3.05) is 6.54 Å². The van der Waals surface area contributed by atoms with Crippen LogP contribution in [0.5, 0.6) is 0 Å². The summed E-state index contributed by atoms with van der Waals surface area (Å²) in [5, 5.41) is 5.81. The molecule has 0 bridgehead atoms. The highest BCUT2D eigenvalue weighted by Gasteiger charge is 2.20. The van der Waals surface area contributed by atoms with Gasteiger partial charge in [-0.05, 0) is 31.0 Å². The smallest absolute Gasteiger partial charge is 0.225 e. The Morgan fingerprint density at radius 2 is 1.77 bits per heavy atom. The average Bonchev–Trinajstić information content (AvgIpc) is 2.42. The summed E-state index contributed by atoms with van der Waals surface area (Å²) in [4.78, 5) is 23.6. The van der Waals surface area contributed by atoms with Gasteiger partial charge in [-0.1, -0.05) is 48.8 Å². The predicted octanol–water partition coefficient (Wildman–Crippen LogP) is 3.57. The Balaban J connectivity index is 2.29. The molecule has 0 saturated heterocycles. The Labute approximate surface area is 141 Å². The fourth-order valence-corrected chi connectivity index (χ4v) is 2.13. The van der Waals surface area contributed by atoms with Gasteiger partial charge in [0.15, 0.2) is 0 Å². The number of rotatable bonds is 6. The molecule has 0 spiro atoms. The standard InChI is InChI=1S/C17H25BrN2O2/c1-12(13-7-9-14(18)10-8-13)20-15(21)6-5-11-19-16(22)17(2,3)4/h7-10,12H,5-6,11H2,1-4H3,(H,19,22)(H,20,21). The van der Waals surface area contributed by atoms with Crippen molar-refractivity contribution >= 4 is 27.7 Å². The van der Waals surface area contributed by atoms with Crippen molar-refractivity contribution in [1.82, 2.24) is 10.6 Å². The van der Waals surface area contributed by atoms with Crippen LogP contribution in [0.25, 0.3) is 0 Å². The van der Waals surface area contributed by atoms with Crippen molar-refractivity contribution in [3.63, 3.8) is 0 Å². The van der Waals surface area contributed by atoms with E-state index in [0.29, 0.717) is 19.4 Å². The van der Waals surface area contributed by atoms with Crippen molar-refractivity contribution in [3.8, 4) is 0 Å². The largest absolute Gasteiger partial charge is 0.356 e. The van der Waals surface area contributed by atoms with Crippen LogP contribution in [-0.2, 0) is 9.59 Å². The van der Waals surface area contributed by atoms with Gasteiger partial charge >= 0.3 is 0 Å². The summed E-state index contributed by atoms with van der Waals surface area (Å²) in [7, 11) is 0. The second-order valence-corrected chi connectivity index (χ2v) is 7.37. The highest BCUT2D eigenvalue weighted by molar-refractivity contribution is 9.10. The van der Waals surface area contributed by atoms with Gasteiger partial charge in [0, 0.05) is 22.9 Å². The molecule has 1 unspecified atom stereocenters. The molecule has 22 heavy (non-hydrogen) atoms. The first-order valence-corrected chi connectivity index (χ1v) is 8.32. The second-order valence-electron chi connectivity index (χ2n) is 6.45. The second kappa shape index (κ2) is 8.32. The lowest BCUT2D eigenvalue weighted by atomic mass is 9.96. The van der Waals surface area contributed by atoms with Gasteiger partial charge in [-0.25, -0.2) is 0 Å². The molecule has 0 saturated carbocycles. The van der Waals surface area contributed by atoms with Crippen LogP contribution in [-0.4, -0.2) is 18.4 Å². The molecule has 1 aromatic carbocycles. The molecule has 0 fully saturated rings. The molecule has 0 radical (unpaired) electrons. The van der Waals surface area contributed by atoms with Crippen LogP contribution in [0.15, 0.2) is 28.7 Å². The molecule has 0 aliphatic carbocycles. The predicted molar refractivity (Wildman–Crippen MR) is 92.4 cm³/mol. The Bertz CT molecular complexity index is 506. The normalized spacial score (nSPS) is 12.6. The third kappa shape index (κ3) is 6.60. The Hall–Kier alpha value is -1.36. The zero-order valence-electron chi connectivity index (χ0n) is 13.7. The van der Waals surface area contributed by atoms with E-state index in [1.165, 1.54) is 0 Å². The molecule has 0 aliphatic heterocycles. The summed E-state index contributed by atoms with van der Waals surface area (Å²) in [6, 6.07) is 7.86. The van der Waals surface area contributed by atoms with Gasteiger partial charge in [0.05, 0.1) is 6.04 Å². The zero-order chi connectivity index (χ0) is 16.8. The molecule has 0 aliphatic rings. The molecule has 1 rings (SSSR count). The maximum absolute atomic E-state index is 11.9. The van der Waals surface area contributed by atoms with E-state index >= 15 is 0 Å². The Morgan fingerprint density at radius 1 is 1.18 bits per heavy atom. The monoisotopic (exact) mass is 368 g/mol. The van der Waals surface area contributed by atoms with E-state index in [9.17, 15) is 9.59 Å². The summed E-state index contributed by atoms with van der Waals surface area (Å²) in [6.45, 7) is 8.09. The molecule has 2 N–H and O–H groups in total. The highest BCUT2D eigenvalue weighted by Crippen LogP contribution is 2.16. The summed E-state index contributed by atoms with van der Waals surface area (Å²) < 4.78 is 1.02. The van der Waals surface area contributed by atoms with Gasteiger partial charge in [0.1, 0.15) is 0 Å². The maximum Gasteiger partial charge on any atom is 0.225 e. The van der Waals surface area contributed by atoms with E-state index in [0.717, 1.165) is 10.0 Å². The third-order valence-corrected chi connectivity index (χ3v) is 3.82. The first-order valence-electron chi connectivity index (χ1n) is 7.53. The number of amides is 2. The minimum Gasteiger partial charge on any atom is -0.356 e. The highest BCUT2D eigenvalue weighted by atomic mass is 79.9. The van der Waals surface area contributed by atoms with Crippen molar-refractivity contribution in [2.24, 2.45) is 5.41 Å². The number of nitrogens with one attached hydrogen (secondary N) is 2. The lowest BCUT2D eigenvalue weighted by Gasteiger charge is -2.18. The fourth-order valence-electron chi connectivity index (χ4n) is 1.86. The van der Waals surface area contributed by atoms with E-state index in [2.05, 4.69) is 26.6 Å². The van der Waals surface area contributed by atoms with Crippen molar-refractivity contribution in [2.45, 2.75) is 46.6 Å². The molecule has 0 heterocycles. The van der Waals surface area contributed by atoms with Crippen LogP contribution >= 0.6 is 15.9 Å². The van der Waals surface area contributed by atoms with Crippen LogP contribution in [0.1, 0.15) is 52.1 Å². The lowest BCUT2D eigenvalue weighted by molar-refractivity contribution is -0.128.